The number of hydrogen-bond donors (Lipinski definition) is 3. The topological polar surface area (TPSA) is 138 Å². The van der Waals surface area contributed by atoms with Gasteiger partial charge in [-0.15, -0.1) is 5.11 Å². The van der Waals surface area contributed by atoms with Gasteiger partial charge >= 0.3 is 5.97 Å². The fraction of sp³-hybridized carbons (Fsp3) is 0.222. The third-order valence-electron chi connectivity index (χ3n) is 1.90. The number of methoxy groups -OCH3 is 1. The van der Waals surface area contributed by atoms with Crippen molar-refractivity contribution in [3.8, 4) is 5.75 Å². The predicted molar refractivity (Wildman–Crippen MR) is 63.0 cm³/mol. The molecule has 10 heteroatoms. The Balaban J connectivity index is 3.03. The molecule has 0 aliphatic carbocycles. The monoisotopic (exact) mass is 289 g/mol. The number of carboxylic acids is 1. The first-order chi connectivity index (χ1) is 8.84. The van der Waals surface area contributed by atoms with Gasteiger partial charge < -0.3 is 9.84 Å². The minimum absolute atomic E-state index is 0.152. The number of nitrogens with zero attached hydrogens (tertiary/aromatic N) is 2. The summed E-state index contributed by atoms with van der Waals surface area (Å²) in [5, 5.41) is 15.1. The molecule has 9 nitrogen and oxygen atoms in total. The Morgan fingerprint density at radius 2 is 2.16 bits per heavy atom. The predicted octanol–water partition coefficient (Wildman–Crippen LogP) is 0.615. The van der Waals surface area contributed by atoms with Crippen LogP contribution in [-0.2, 0) is 14.9 Å². The van der Waals surface area contributed by atoms with E-state index in [2.05, 4.69) is 15.8 Å². The molecule has 0 bridgehead atoms. The van der Waals surface area contributed by atoms with Gasteiger partial charge in [-0.25, -0.2) is 0 Å². The molecule has 0 aromatic heterocycles. The standard InChI is InChI=1S/C9H11N3O6S/c1-18-6-2-3-7(8(4-6)19(15,16)17)11-12-10-5-9(13)14/h2-4H,5H2,1H3,(H,10,11)(H,13,14)(H,15,16,17). The van der Waals surface area contributed by atoms with Gasteiger partial charge in [0.1, 0.15) is 22.9 Å². The van der Waals surface area contributed by atoms with Crippen molar-refractivity contribution in [3.05, 3.63) is 18.2 Å². The quantitative estimate of drug-likeness (QED) is 0.396. The van der Waals surface area contributed by atoms with Gasteiger partial charge in [-0.1, -0.05) is 5.22 Å². The fourth-order valence-electron chi connectivity index (χ4n) is 1.10. The molecule has 1 aromatic carbocycles. The van der Waals surface area contributed by atoms with Crippen LogP contribution in [0.2, 0.25) is 0 Å². The minimum Gasteiger partial charge on any atom is -0.497 e. The molecule has 0 unspecified atom stereocenters. The maximum atomic E-state index is 11.1. The van der Waals surface area contributed by atoms with Gasteiger partial charge in [0.05, 0.1) is 7.11 Å². The lowest BCUT2D eigenvalue weighted by molar-refractivity contribution is -0.135. The molecule has 0 atom stereocenters. The molecule has 0 fully saturated rings. The van der Waals surface area contributed by atoms with Crippen LogP contribution in [-0.4, -0.2) is 37.7 Å². The zero-order valence-corrected chi connectivity index (χ0v) is 10.6. The van der Waals surface area contributed by atoms with E-state index >= 15 is 0 Å². The van der Waals surface area contributed by atoms with Gasteiger partial charge in [-0.05, 0) is 12.1 Å². The lowest BCUT2D eigenvalue weighted by Gasteiger charge is -2.04. The van der Waals surface area contributed by atoms with E-state index in [0.717, 1.165) is 6.07 Å². The van der Waals surface area contributed by atoms with Crippen LogP contribution in [0.25, 0.3) is 0 Å². The summed E-state index contributed by atoms with van der Waals surface area (Å²) in [5.41, 5.74) is 1.94. The van der Waals surface area contributed by atoms with Crippen LogP contribution in [0.4, 0.5) is 5.69 Å². The Morgan fingerprint density at radius 3 is 2.68 bits per heavy atom. The van der Waals surface area contributed by atoms with Gasteiger partial charge in [0.25, 0.3) is 10.1 Å². The molecule has 0 heterocycles. The summed E-state index contributed by atoms with van der Waals surface area (Å²) < 4.78 is 36.1. The number of aliphatic carboxylic acids is 1. The van der Waals surface area contributed by atoms with Crippen molar-refractivity contribution in [2.45, 2.75) is 4.90 Å². The van der Waals surface area contributed by atoms with Crippen LogP contribution in [0.15, 0.2) is 33.4 Å². The molecule has 1 rings (SSSR count). The highest BCUT2D eigenvalue weighted by atomic mass is 32.2. The molecule has 19 heavy (non-hydrogen) atoms. The summed E-state index contributed by atoms with van der Waals surface area (Å²) in [4.78, 5) is 9.71. The lowest BCUT2D eigenvalue weighted by Crippen LogP contribution is -2.16. The molecule has 0 saturated carbocycles. The van der Waals surface area contributed by atoms with E-state index in [1.165, 1.54) is 19.2 Å². The normalized spacial score (nSPS) is 11.5. The fourth-order valence-corrected chi connectivity index (χ4v) is 1.74. The number of nitrogens with one attached hydrogen (secondary N) is 1. The zero-order chi connectivity index (χ0) is 14.5. The SMILES string of the molecule is COc1ccc(N=NNCC(=O)O)c(S(=O)(=O)O)c1. The largest absolute Gasteiger partial charge is 0.497 e. The van der Waals surface area contributed by atoms with E-state index in [9.17, 15) is 13.2 Å². The third-order valence-corrected chi connectivity index (χ3v) is 2.79. The highest BCUT2D eigenvalue weighted by molar-refractivity contribution is 7.86. The molecule has 1 aromatic rings. The van der Waals surface area contributed by atoms with E-state index in [4.69, 9.17) is 14.4 Å². The maximum absolute atomic E-state index is 11.1. The highest BCUT2D eigenvalue weighted by Gasteiger charge is 2.16. The molecule has 104 valence electrons. The number of rotatable bonds is 6. The summed E-state index contributed by atoms with van der Waals surface area (Å²) in [7, 11) is -3.17. The van der Waals surface area contributed by atoms with Gasteiger partial charge in [-0.3, -0.25) is 14.8 Å². The number of carbonyl (C=O) groups is 1. The molecule has 0 amide bonds. The molecular weight excluding hydrogens is 278 g/mol. The summed E-state index contributed by atoms with van der Waals surface area (Å²) in [6.45, 7) is -0.471. The summed E-state index contributed by atoms with van der Waals surface area (Å²) in [6.07, 6.45) is 0. The average Bonchev–Trinajstić information content (AvgIpc) is 2.33. The Kier molecular flexibility index (Phi) is 4.78. The summed E-state index contributed by atoms with van der Waals surface area (Å²) >= 11 is 0. The van der Waals surface area contributed by atoms with Crippen molar-refractivity contribution < 1.29 is 27.6 Å². The van der Waals surface area contributed by atoms with E-state index in [-0.39, 0.29) is 11.4 Å². The van der Waals surface area contributed by atoms with Crippen molar-refractivity contribution in [2.24, 2.45) is 10.3 Å². The molecule has 0 spiro atoms. The molecule has 0 radical (unpaired) electrons. The van der Waals surface area contributed by atoms with Crippen LogP contribution in [0.3, 0.4) is 0 Å². The molecule has 0 aliphatic heterocycles. The van der Waals surface area contributed by atoms with E-state index in [1.807, 2.05) is 0 Å². The number of ether oxygens (including phenoxy) is 1. The first-order valence-corrected chi connectivity index (χ1v) is 6.29. The van der Waals surface area contributed by atoms with Crippen LogP contribution in [0.1, 0.15) is 0 Å². The Morgan fingerprint density at radius 1 is 1.47 bits per heavy atom. The second-order valence-electron chi connectivity index (χ2n) is 3.24. The van der Waals surface area contributed by atoms with Crippen molar-refractivity contribution in [3.63, 3.8) is 0 Å². The number of carboxylic acid groups (broad SMARTS) is 1. The van der Waals surface area contributed by atoms with Crippen molar-refractivity contribution in [2.75, 3.05) is 13.7 Å². The Bertz CT molecular complexity index is 598. The smallest absolute Gasteiger partial charge is 0.324 e. The molecule has 0 aliphatic rings. The highest BCUT2D eigenvalue weighted by Crippen LogP contribution is 2.28. The second-order valence-corrected chi connectivity index (χ2v) is 4.63. The van der Waals surface area contributed by atoms with Crippen LogP contribution in [0.5, 0.6) is 5.75 Å². The lowest BCUT2D eigenvalue weighted by atomic mass is 10.3. The Labute approximate surface area is 108 Å². The van der Waals surface area contributed by atoms with E-state index < -0.39 is 27.5 Å². The van der Waals surface area contributed by atoms with Gasteiger partial charge in [-0.2, -0.15) is 8.42 Å². The maximum Gasteiger partial charge on any atom is 0.324 e. The number of benzene rings is 1. The zero-order valence-electron chi connectivity index (χ0n) is 9.77. The minimum atomic E-state index is -4.50. The van der Waals surface area contributed by atoms with Crippen molar-refractivity contribution in [1.82, 2.24) is 5.43 Å². The van der Waals surface area contributed by atoms with Crippen LogP contribution < -0.4 is 10.2 Å². The van der Waals surface area contributed by atoms with Crippen LogP contribution in [0, 0.1) is 0 Å². The van der Waals surface area contributed by atoms with Crippen molar-refractivity contribution >= 4 is 21.8 Å². The summed E-state index contributed by atoms with van der Waals surface area (Å²) in [6, 6.07) is 3.75. The number of hydrogen-bond acceptors (Lipinski definition) is 6. The summed E-state index contributed by atoms with van der Waals surface area (Å²) in [5.74, 6) is -0.936. The first kappa shape index (κ1) is 14.9. The third kappa shape index (κ3) is 4.52. The average molecular weight is 289 g/mol. The van der Waals surface area contributed by atoms with E-state index in [0.29, 0.717) is 0 Å². The molecule has 0 saturated heterocycles. The van der Waals surface area contributed by atoms with E-state index in [1.54, 1.807) is 0 Å². The molecule has 3 N–H and O–H groups in total. The van der Waals surface area contributed by atoms with Crippen LogP contribution >= 0.6 is 0 Å². The van der Waals surface area contributed by atoms with Gasteiger partial charge in [0.2, 0.25) is 0 Å². The first-order valence-electron chi connectivity index (χ1n) is 4.85. The second kappa shape index (κ2) is 6.11. The molecular formula is C9H11N3O6S. The Hall–Kier alpha value is -2.20. The van der Waals surface area contributed by atoms with Crippen molar-refractivity contribution in [1.29, 1.82) is 0 Å². The van der Waals surface area contributed by atoms with Gasteiger partial charge in [0.15, 0.2) is 0 Å². The van der Waals surface area contributed by atoms with Gasteiger partial charge in [0, 0.05) is 6.07 Å².